The van der Waals surface area contributed by atoms with Gasteiger partial charge in [-0.15, -0.1) is 6.58 Å². The third-order valence-electron chi connectivity index (χ3n) is 4.65. The Morgan fingerprint density at radius 3 is 2.66 bits per heavy atom. The molecule has 3 aromatic carbocycles. The van der Waals surface area contributed by atoms with Gasteiger partial charge in [0.05, 0.1) is 4.91 Å². The Morgan fingerprint density at radius 1 is 1.03 bits per heavy atom. The minimum atomic E-state index is -0.0937. The molecular formula is C24H19NO2S2. The van der Waals surface area contributed by atoms with Gasteiger partial charge < -0.3 is 4.74 Å². The number of ether oxygens (including phenoxy) is 1. The van der Waals surface area contributed by atoms with Crippen molar-refractivity contribution in [1.82, 2.24) is 4.90 Å². The van der Waals surface area contributed by atoms with Gasteiger partial charge in [0.15, 0.2) is 0 Å². The van der Waals surface area contributed by atoms with Gasteiger partial charge in [0.1, 0.15) is 16.7 Å². The van der Waals surface area contributed by atoms with E-state index in [2.05, 4.69) is 30.8 Å². The summed E-state index contributed by atoms with van der Waals surface area (Å²) in [7, 11) is 0. The fourth-order valence-corrected chi connectivity index (χ4v) is 4.50. The Balaban J connectivity index is 1.59. The van der Waals surface area contributed by atoms with E-state index in [0.717, 1.165) is 16.9 Å². The van der Waals surface area contributed by atoms with Crippen LogP contribution >= 0.6 is 24.0 Å². The summed E-state index contributed by atoms with van der Waals surface area (Å²) in [5, 5.41) is 2.37. The van der Waals surface area contributed by atoms with E-state index in [-0.39, 0.29) is 5.91 Å². The van der Waals surface area contributed by atoms with Crippen LogP contribution in [-0.2, 0) is 11.4 Å². The zero-order valence-corrected chi connectivity index (χ0v) is 17.3. The first-order valence-electron chi connectivity index (χ1n) is 9.22. The van der Waals surface area contributed by atoms with Crippen molar-refractivity contribution in [2.75, 3.05) is 6.54 Å². The van der Waals surface area contributed by atoms with Gasteiger partial charge in [-0.05, 0) is 28.5 Å². The molecular weight excluding hydrogens is 398 g/mol. The van der Waals surface area contributed by atoms with Crippen molar-refractivity contribution in [3.63, 3.8) is 0 Å². The lowest BCUT2D eigenvalue weighted by Gasteiger charge is -2.12. The van der Waals surface area contributed by atoms with Crippen LogP contribution in [-0.4, -0.2) is 21.7 Å². The number of rotatable bonds is 6. The van der Waals surface area contributed by atoms with E-state index in [0.29, 0.717) is 22.4 Å². The van der Waals surface area contributed by atoms with E-state index in [1.807, 2.05) is 48.5 Å². The molecule has 4 rings (SSSR count). The SMILES string of the molecule is C=CCN1C(=O)/C(=C\c2ccccc2OCc2cccc3ccccc23)SC1=S. The highest BCUT2D eigenvalue weighted by atomic mass is 32.2. The van der Waals surface area contributed by atoms with E-state index in [1.54, 1.807) is 11.0 Å². The average molecular weight is 418 g/mol. The molecule has 29 heavy (non-hydrogen) atoms. The molecule has 0 radical (unpaired) electrons. The van der Waals surface area contributed by atoms with Crippen LogP contribution in [0, 0.1) is 0 Å². The molecule has 144 valence electrons. The number of para-hydroxylation sites is 1. The summed E-state index contributed by atoms with van der Waals surface area (Å²) < 4.78 is 6.70. The second-order valence-electron chi connectivity index (χ2n) is 6.55. The lowest BCUT2D eigenvalue weighted by Crippen LogP contribution is -2.27. The minimum Gasteiger partial charge on any atom is -0.488 e. The topological polar surface area (TPSA) is 29.5 Å². The summed E-state index contributed by atoms with van der Waals surface area (Å²) in [5.74, 6) is 0.637. The van der Waals surface area contributed by atoms with E-state index < -0.39 is 0 Å². The van der Waals surface area contributed by atoms with Gasteiger partial charge in [0.2, 0.25) is 0 Å². The lowest BCUT2D eigenvalue weighted by molar-refractivity contribution is -0.121. The average Bonchev–Trinajstić information content (AvgIpc) is 3.01. The van der Waals surface area contributed by atoms with Crippen LogP contribution < -0.4 is 4.74 Å². The van der Waals surface area contributed by atoms with Crippen LogP contribution in [0.15, 0.2) is 84.3 Å². The molecule has 1 fully saturated rings. The van der Waals surface area contributed by atoms with Crippen LogP contribution in [0.25, 0.3) is 16.8 Å². The number of fused-ring (bicyclic) bond motifs is 1. The van der Waals surface area contributed by atoms with Crippen LogP contribution in [0.5, 0.6) is 5.75 Å². The second-order valence-corrected chi connectivity index (χ2v) is 8.22. The van der Waals surface area contributed by atoms with Gasteiger partial charge in [-0.2, -0.15) is 0 Å². The molecule has 1 amide bonds. The van der Waals surface area contributed by atoms with Crippen molar-refractivity contribution in [3.8, 4) is 5.75 Å². The molecule has 0 aliphatic carbocycles. The first kappa shape index (κ1) is 19.4. The molecule has 1 saturated heterocycles. The number of thioether (sulfide) groups is 1. The van der Waals surface area contributed by atoms with Gasteiger partial charge in [-0.3, -0.25) is 9.69 Å². The highest BCUT2D eigenvalue weighted by Gasteiger charge is 2.31. The third kappa shape index (κ3) is 4.11. The summed E-state index contributed by atoms with van der Waals surface area (Å²) in [6.07, 6.45) is 3.52. The van der Waals surface area contributed by atoms with Crippen LogP contribution in [0.2, 0.25) is 0 Å². The number of hydrogen-bond donors (Lipinski definition) is 0. The van der Waals surface area contributed by atoms with Crippen molar-refractivity contribution in [2.24, 2.45) is 0 Å². The molecule has 0 unspecified atom stereocenters. The largest absolute Gasteiger partial charge is 0.488 e. The number of amides is 1. The fraction of sp³-hybridized carbons (Fsp3) is 0.0833. The maximum Gasteiger partial charge on any atom is 0.266 e. The first-order chi connectivity index (χ1) is 14.2. The van der Waals surface area contributed by atoms with Crippen LogP contribution in [0.3, 0.4) is 0 Å². The maximum absolute atomic E-state index is 12.6. The van der Waals surface area contributed by atoms with Gasteiger partial charge in [0.25, 0.3) is 5.91 Å². The fourth-order valence-electron chi connectivity index (χ4n) is 3.23. The van der Waals surface area contributed by atoms with Crippen molar-refractivity contribution >= 4 is 51.1 Å². The van der Waals surface area contributed by atoms with Gasteiger partial charge in [-0.1, -0.05) is 90.7 Å². The smallest absolute Gasteiger partial charge is 0.266 e. The van der Waals surface area contributed by atoms with Gasteiger partial charge in [0, 0.05) is 12.1 Å². The Labute approximate surface area is 179 Å². The monoisotopic (exact) mass is 417 g/mol. The molecule has 0 aromatic heterocycles. The molecule has 0 atom stereocenters. The summed E-state index contributed by atoms with van der Waals surface area (Å²) in [6, 6.07) is 22.2. The van der Waals surface area contributed by atoms with E-state index >= 15 is 0 Å². The van der Waals surface area contributed by atoms with Crippen LogP contribution in [0.4, 0.5) is 0 Å². The number of thiocarbonyl (C=S) groups is 1. The molecule has 3 aromatic rings. The summed E-state index contributed by atoms with van der Waals surface area (Å²) in [4.78, 5) is 14.8. The summed E-state index contributed by atoms with van der Waals surface area (Å²) >= 11 is 6.62. The highest BCUT2D eigenvalue weighted by molar-refractivity contribution is 8.26. The lowest BCUT2D eigenvalue weighted by atomic mass is 10.1. The van der Waals surface area contributed by atoms with Crippen molar-refractivity contribution in [3.05, 3.63) is 95.4 Å². The minimum absolute atomic E-state index is 0.0937. The third-order valence-corrected chi connectivity index (χ3v) is 6.03. The Kier molecular flexibility index (Phi) is 5.79. The maximum atomic E-state index is 12.6. The normalized spacial score (nSPS) is 15.3. The molecule has 1 aliphatic rings. The summed E-state index contributed by atoms with van der Waals surface area (Å²) in [5.41, 5.74) is 1.97. The molecule has 0 saturated carbocycles. The first-order valence-corrected chi connectivity index (χ1v) is 10.4. The molecule has 0 spiro atoms. The number of benzene rings is 3. The summed E-state index contributed by atoms with van der Waals surface area (Å²) in [6.45, 7) is 4.55. The molecule has 1 heterocycles. The highest BCUT2D eigenvalue weighted by Crippen LogP contribution is 2.34. The predicted octanol–water partition coefficient (Wildman–Crippen LogP) is 5.81. The Morgan fingerprint density at radius 2 is 1.79 bits per heavy atom. The predicted molar refractivity (Wildman–Crippen MR) is 125 cm³/mol. The molecule has 3 nitrogen and oxygen atoms in total. The van der Waals surface area contributed by atoms with Crippen molar-refractivity contribution < 1.29 is 9.53 Å². The zero-order chi connectivity index (χ0) is 20.2. The van der Waals surface area contributed by atoms with Crippen LogP contribution in [0.1, 0.15) is 11.1 Å². The van der Waals surface area contributed by atoms with Gasteiger partial charge >= 0.3 is 0 Å². The van der Waals surface area contributed by atoms with Crippen molar-refractivity contribution in [1.29, 1.82) is 0 Å². The standard InChI is InChI=1S/C24H19NO2S2/c1-2-14-25-23(26)22(29-24(25)28)15-18-9-4-6-13-21(18)27-16-19-11-7-10-17-8-3-5-12-20(17)19/h2-13,15H,1,14,16H2/b22-15+. The molecule has 1 aliphatic heterocycles. The van der Waals surface area contributed by atoms with E-state index in [1.165, 1.54) is 22.5 Å². The molecule has 5 heteroatoms. The number of carbonyl (C=O) groups excluding carboxylic acids is 1. The molecule has 0 bridgehead atoms. The quantitative estimate of drug-likeness (QED) is 0.288. The molecule has 0 N–H and O–H groups in total. The second kappa shape index (κ2) is 8.64. The zero-order valence-electron chi connectivity index (χ0n) is 15.7. The Bertz CT molecular complexity index is 1130. The number of carbonyl (C=O) groups is 1. The van der Waals surface area contributed by atoms with Gasteiger partial charge in [-0.25, -0.2) is 0 Å². The Hall–Kier alpha value is -2.89. The van der Waals surface area contributed by atoms with Crippen molar-refractivity contribution in [2.45, 2.75) is 6.61 Å². The van der Waals surface area contributed by atoms with E-state index in [4.69, 9.17) is 17.0 Å². The number of nitrogens with zero attached hydrogens (tertiary/aromatic N) is 1. The number of hydrogen-bond acceptors (Lipinski definition) is 4. The van der Waals surface area contributed by atoms with E-state index in [9.17, 15) is 4.79 Å².